The van der Waals surface area contributed by atoms with Crippen molar-refractivity contribution < 1.29 is 4.79 Å². The summed E-state index contributed by atoms with van der Waals surface area (Å²) in [5.41, 5.74) is 4.45. The van der Waals surface area contributed by atoms with Gasteiger partial charge in [0.15, 0.2) is 5.69 Å². The van der Waals surface area contributed by atoms with Gasteiger partial charge in [0.05, 0.1) is 5.69 Å². The van der Waals surface area contributed by atoms with Crippen molar-refractivity contribution in [3.63, 3.8) is 0 Å². The molecule has 134 valence electrons. The van der Waals surface area contributed by atoms with Crippen LogP contribution in [0.2, 0.25) is 0 Å². The van der Waals surface area contributed by atoms with Crippen LogP contribution in [0.25, 0.3) is 16.9 Å². The van der Waals surface area contributed by atoms with Crippen molar-refractivity contribution in [2.45, 2.75) is 13.8 Å². The van der Waals surface area contributed by atoms with Gasteiger partial charge in [-0.2, -0.15) is 0 Å². The summed E-state index contributed by atoms with van der Waals surface area (Å²) in [6.07, 6.45) is 1.98. The molecular formula is C21H24N4O. The fourth-order valence-electron chi connectivity index (χ4n) is 3.55. The molecule has 0 unspecified atom stereocenters. The lowest BCUT2D eigenvalue weighted by Crippen LogP contribution is -2.48. The number of aromatic nitrogens is 2. The Morgan fingerprint density at radius 1 is 1.04 bits per heavy atom. The van der Waals surface area contributed by atoms with E-state index in [4.69, 9.17) is 0 Å². The van der Waals surface area contributed by atoms with E-state index in [0.717, 1.165) is 49.6 Å². The van der Waals surface area contributed by atoms with Crippen molar-refractivity contribution in [1.82, 2.24) is 19.2 Å². The molecule has 0 saturated carbocycles. The number of pyridine rings is 1. The van der Waals surface area contributed by atoms with E-state index in [-0.39, 0.29) is 5.91 Å². The Morgan fingerprint density at radius 3 is 2.46 bits per heavy atom. The molecule has 0 atom stereocenters. The van der Waals surface area contributed by atoms with Gasteiger partial charge in [-0.25, -0.2) is 4.98 Å². The van der Waals surface area contributed by atoms with Crippen LogP contribution < -0.4 is 0 Å². The lowest BCUT2D eigenvalue weighted by atomic mass is 10.1. The van der Waals surface area contributed by atoms with Crippen LogP contribution >= 0.6 is 0 Å². The van der Waals surface area contributed by atoms with Gasteiger partial charge in [-0.05, 0) is 25.6 Å². The Morgan fingerprint density at radius 2 is 1.77 bits per heavy atom. The van der Waals surface area contributed by atoms with E-state index < -0.39 is 0 Å². The van der Waals surface area contributed by atoms with Gasteiger partial charge in [0.25, 0.3) is 5.91 Å². The minimum Gasteiger partial charge on any atom is -0.335 e. The van der Waals surface area contributed by atoms with E-state index >= 15 is 0 Å². The first-order valence-corrected chi connectivity index (χ1v) is 9.23. The van der Waals surface area contributed by atoms with E-state index in [1.165, 1.54) is 5.56 Å². The van der Waals surface area contributed by atoms with Gasteiger partial charge in [0.2, 0.25) is 0 Å². The second-order valence-corrected chi connectivity index (χ2v) is 6.83. The van der Waals surface area contributed by atoms with E-state index in [1.54, 1.807) is 0 Å². The van der Waals surface area contributed by atoms with E-state index in [1.807, 2.05) is 33.7 Å². The molecule has 0 spiro atoms. The fourth-order valence-corrected chi connectivity index (χ4v) is 3.55. The zero-order valence-electron chi connectivity index (χ0n) is 15.4. The molecule has 1 aliphatic rings. The molecule has 1 saturated heterocycles. The summed E-state index contributed by atoms with van der Waals surface area (Å²) in [6, 6.07) is 14.2. The summed E-state index contributed by atoms with van der Waals surface area (Å²) in [5.74, 6) is 0.0278. The molecule has 2 aromatic heterocycles. The van der Waals surface area contributed by atoms with Crippen LogP contribution in [0.3, 0.4) is 0 Å². The molecule has 1 amide bonds. The summed E-state index contributed by atoms with van der Waals surface area (Å²) < 4.78 is 2.01. The highest BCUT2D eigenvalue weighted by Gasteiger charge is 2.27. The summed E-state index contributed by atoms with van der Waals surface area (Å²) >= 11 is 0. The first-order valence-electron chi connectivity index (χ1n) is 9.23. The number of piperazine rings is 1. The van der Waals surface area contributed by atoms with Gasteiger partial charge in [0.1, 0.15) is 5.65 Å². The molecular weight excluding hydrogens is 324 g/mol. The van der Waals surface area contributed by atoms with Crippen molar-refractivity contribution in [1.29, 1.82) is 0 Å². The quantitative estimate of drug-likeness (QED) is 0.730. The van der Waals surface area contributed by atoms with Crippen LogP contribution in [-0.2, 0) is 0 Å². The summed E-state index contributed by atoms with van der Waals surface area (Å²) in [5, 5.41) is 0. The van der Waals surface area contributed by atoms with Crippen molar-refractivity contribution in [3.8, 4) is 11.3 Å². The molecule has 26 heavy (non-hydrogen) atoms. The first-order chi connectivity index (χ1) is 12.7. The molecule has 1 fully saturated rings. The minimum absolute atomic E-state index is 0.0278. The number of imidazole rings is 1. The minimum atomic E-state index is 0.0278. The fraction of sp³-hybridized carbons (Fsp3) is 0.333. The number of hydrogen-bond donors (Lipinski definition) is 0. The average Bonchev–Trinajstić information content (AvgIpc) is 3.07. The Kier molecular flexibility index (Phi) is 4.47. The normalized spacial score (nSPS) is 15.5. The summed E-state index contributed by atoms with van der Waals surface area (Å²) in [7, 11) is 0. The van der Waals surface area contributed by atoms with Gasteiger partial charge in [-0.1, -0.05) is 42.8 Å². The Hall–Kier alpha value is -2.66. The highest BCUT2D eigenvalue weighted by Crippen LogP contribution is 2.27. The zero-order chi connectivity index (χ0) is 18.1. The van der Waals surface area contributed by atoms with Crippen LogP contribution in [0, 0.1) is 6.92 Å². The number of carbonyl (C=O) groups is 1. The predicted octanol–water partition coefficient (Wildman–Crippen LogP) is 3.09. The molecule has 0 N–H and O–H groups in total. The molecule has 3 aromatic rings. The van der Waals surface area contributed by atoms with E-state index in [2.05, 4.69) is 48.0 Å². The van der Waals surface area contributed by atoms with Gasteiger partial charge >= 0.3 is 0 Å². The van der Waals surface area contributed by atoms with E-state index in [9.17, 15) is 4.79 Å². The molecule has 5 heteroatoms. The molecule has 5 nitrogen and oxygen atoms in total. The second kappa shape index (κ2) is 6.92. The molecule has 3 heterocycles. The third-order valence-electron chi connectivity index (χ3n) is 5.16. The lowest BCUT2D eigenvalue weighted by molar-refractivity contribution is 0.0639. The third-order valence-corrected chi connectivity index (χ3v) is 5.16. The van der Waals surface area contributed by atoms with Crippen LogP contribution in [0.5, 0.6) is 0 Å². The maximum atomic E-state index is 13.3. The molecule has 4 rings (SSSR count). The Bertz CT molecular complexity index is 921. The van der Waals surface area contributed by atoms with Crippen LogP contribution in [-0.4, -0.2) is 57.8 Å². The molecule has 1 aromatic carbocycles. The van der Waals surface area contributed by atoms with Gasteiger partial charge in [-0.15, -0.1) is 0 Å². The number of amides is 1. The zero-order valence-corrected chi connectivity index (χ0v) is 15.4. The molecule has 0 radical (unpaired) electrons. The van der Waals surface area contributed by atoms with Crippen LogP contribution in [0.1, 0.15) is 23.0 Å². The second-order valence-electron chi connectivity index (χ2n) is 6.83. The predicted molar refractivity (Wildman–Crippen MR) is 103 cm³/mol. The van der Waals surface area contributed by atoms with Gasteiger partial charge < -0.3 is 9.80 Å². The lowest BCUT2D eigenvalue weighted by Gasteiger charge is -2.33. The number of fused-ring (bicyclic) bond motifs is 1. The Balaban J connectivity index is 1.76. The molecule has 0 bridgehead atoms. The summed E-state index contributed by atoms with van der Waals surface area (Å²) in [4.78, 5) is 22.2. The SMILES string of the molecule is CCN1CCN(C(=O)c2nc3ccccn3c2-c2ccc(C)cc2)CC1. The van der Waals surface area contributed by atoms with Crippen molar-refractivity contribution in [3.05, 3.63) is 59.9 Å². The van der Waals surface area contributed by atoms with Crippen LogP contribution in [0.4, 0.5) is 0 Å². The van der Waals surface area contributed by atoms with Crippen LogP contribution in [0.15, 0.2) is 48.7 Å². The summed E-state index contributed by atoms with van der Waals surface area (Å²) in [6.45, 7) is 8.63. The number of carbonyl (C=O) groups excluding carboxylic acids is 1. The largest absolute Gasteiger partial charge is 0.335 e. The maximum Gasteiger partial charge on any atom is 0.274 e. The topological polar surface area (TPSA) is 40.8 Å². The third kappa shape index (κ3) is 2.99. The average molecular weight is 348 g/mol. The van der Waals surface area contributed by atoms with Crippen molar-refractivity contribution >= 4 is 11.6 Å². The van der Waals surface area contributed by atoms with Crippen molar-refractivity contribution in [2.24, 2.45) is 0 Å². The van der Waals surface area contributed by atoms with Gasteiger partial charge in [-0.3, -0.25) is 9.20 Å². The number of benzene rings is 1. The molecule has 0 aliphatic carbocycles. The number of hydrogen-bond acceptors (Lipinski definition) is 3. The maximum absolute atomic E-state index is 13.3. The highest BCUT2D eigenvalue weighted by molar-refractivity contribution is 5.99. The molecule has 1 aliphatic heterocycles. The standard InChI is InChI=1S/C21H24N4O/c1-3-23-12-14-24(15-13-23)21(26)19-20(17-9-7-16(2)8-10-17)25-11-5-4-6-18(25)22-19/h4-11H,3,12-15H2,1-2H3. The monoisotopic (exact) mass is 348 g/mol. The van der Waals surface area contributed by atoms with Crippen molar-refractivity contribution in [2.75, 3.05) is 32.7 Å². The first kappa shape index (κ1) is 16.8. The Labute approximate surface area is 153 Å². The number of rotatable bonds is 3. The number of nitrogens with zero attached hydrogens (tertiary/aromatic N) is 4. The number of likely N-dealkylation sites (N-methyl/N-ethyl adjacent to an activating group) is 1. The smallest absolute Gasteiger partial charge is 0.274 e. The number of aryl methyl sites for hydroxylation is 1. The van der Waals surface area contributed by atoms with E-state index in [0.29, 0.717) is 5.69 Å². The van der Waals surface area contributed by atoms with Gasteiger partial charge in [0, 0.05) is 37.9 Å². The highest BCUT2D eigenvalue weighted by atomic mass is 16.2.